The van der Waals surface area contributed by atoms with Gasteiger partial charge in [0.25, 0.3) is 0 Å². The van der Waals surface area contributed by atoms with Crippen molar-refractivity contribution in [2.75, 3.05) is 0 Å². The number of fused-ring (bicyclic) bond motifs is 1. The Hall–Kier alpha value is -2.43. The van der Waals surface area contributed by atoms with Crippen LogP contribution in [0.5, 0.6) is 0 Å². The molecule has 0 spiro atoms. The number of carbonyl (C=O) groups excluding carboxylic acids is 1. The van der Waals surface area contributed by atoms with Crippen LogP contribution < -0.4 is 0 Å². The summed E-state index contributed by atoms with van der Waals surface area (Å²) in [5.41, 5.74) is 3.51. The Morgan fingerprint density at radius 3 is 2.94 bits per heavy atom. The zero-order valence-corrected chi connectivity index (χ0v) is 9.90. The highest BCUT2D eigenvalue weighted by atomic mass is 16.1. The molecule has 0 radical (unpaired) electrons. The first-order chi connectivity index (χ1) is 8.74. The molecule has 0 aliphatic carbocycles. The monoisotopic (exact) mass is 240 g/mol. The summed E-state index contributed by atoms with van der Waals surface area (Å²) < 4.78 is 0. The van der Waals surface area contributed by atoms with E-state index in [9.17, 15) is 4.79 Å². The van der Waals surface area contributed by atoms with Gasteiger partial charge in [-0.1, -0.05) is 12.1 Å². The van der Waals surface area contributed by atoms with E-state index in [1.54, 1.807) is 13.1 Å². The van der Waals surface area contributed by atoms with Crippen LogP contribution in [0.15, 0.2) is 30.5 Å². The van der Waals surface area contributed by atoms with Gasteiger partial charge in [0.2, 0.25) is 0 Å². The maximum atomic E-state index is 11.2. The number of imidazole rings is 1. The smallest absolute Gasteiger partial charge is 0.156 e. The summed E-state index contributed by atoms with van der Waals surface area (Å²) in [7, 11) is 0. The van der Waals surface area contributed by atoms with Crippen molar-refractivity contribution in [3.63, 3.8) is 0 Å². The molecule has 0 atom stereocenters. The van der Waals surface area contributed by atoms with E-state index in [1.165, 1.54) is 0 Å². The number of aromatic amines is 2. The number of H-pyrrole nitrogens is 2. The van der Waals surface area contributed by atoms with E-state index in [1.807, 2.05) is 24.3 Å². The van der Waals surface area contributed by atoms with Gasteiger partial charge >= 0.3 is 0 Å². The molecule has 5 nitrogen and oxygen atoms in total. The highest BCUT2D eigenvalue weighted by molar-refractivity contribution is 5.82. The van der Waals surface area contributed by atoms with Crippen molar-refractivity contribution in [1.82, 2.24) is 20.2 Å². The van der Waals surface area contributed by atoms with Gasteiger partial charge in [-0.3, -0.25) is 9.89 Å². The number of rotatable bonds is 3. The molecule has 0 unspecified atom stereocenters. The number of Topliss-reactive ketones (excluding diaryl/α,β-unsaturated/α-hetero) is 1. The molecule has 0 saturated heterocycles. The molecule has 2 aromatic heterocycles. The number of benzene rings is 1. The van der Waals surface area contributed by atoms with Crippen LogP contribution in [0.1, 0.15) is 12.5 Å². The molecule has 0 fully saturated rings. The maximum absolute atomic E-state index is 11.2. The Morgan fingerprint density at radius 2 is 2.17 bits per heavy atom. The van der Waals surface area contributed by atoms with Crippen molar-refractivity contribution in [3.05, 3.63) is 36.0 Å². The van der Waals surface area contributed by atoms with Gasteiger partial charge in [-0.05, 0) is 19.1 Å². The zero-order chi connectivity index (χ0) is 12.5. The summed E-state index contributed by atoms with van der Waals surface area (Å²) in [5, 5.41) is 6.88. The van der Waals surface area contributed by atoms with Crippen molar-refractivity contribution in [1.29, 1.82) is 0 Å². The molecule has 3 aromatic rings. The molecule has 0 bridgehead atoms. The first-order valence-corrected chi connectivity index (χ1v) is 5.71. The lowest BCUT2D eigenvalue weighted by molar-refractivity contribution is -0.116. The summed E-state index contributed by atoms with van der Waals surface area (Å²) in [6, 6.07) is 7.80. The lowest BCUT2D eigenvalue weighted by Gasteiger charge is -1.96. The van der Waals surface area contributed by atoms with E-state index in [-0.39, 0.29) is 5.78 Å². The Kier molecular flexibility index (Phi) is 2.44. The maximum Gasteiger partial charge on any atom is 0.156 e. The number of hydrogen-bond donors (Lipinski definition) is 2. The normalized spacial score (nSPS) is 10.9. The SMILES string of the molecule is CC(=O)Cc1cn[nH]c1-c1nc2ccccc2[nH]1. The third-order valence-corrected chi connectivity index (χ3v) is 2.78. The fourth-order valence-corrected chi connectivity index (χ4v) is 1.99. The van der Waals surface area contributed by atoms with Crippen molar-refractivity contribution < 1.29 is 4.79 Å². The Labute approximate surface area is 103 Å². The number of nitrogens with one attached hydrogen (secondary N) is 2. The number of nitrogens with zero attached hydrogens (tertiary/aromatic N) is 2. The molecule has 1 aromatic carbocycles. The van der Waals surface area contributed by atoms with E-state index in [4.69, 9.17) is 0 Å². The standard InChI is InChI=1S/C13H12N4O/c1-8(18)6-9-7-14-17-12(9)13-15-10-4-2-3-5-11(10)16-13/h2-5,7H,6H2,1H3,(H,14,17)(H,15,16). The van der Waals surface area contributed by atoms with Crippen LogP contribution in [0.4, 0.5) is 0 Å². The van der Waals surface area contributed by atoms with Gasteiger partial charge in [-0.2, -0.15) is 5.10 Å². The van der Waals surface area contributed by atoms with Crippen LogP contribution >= 0.6 is 0 Å². The second kappa shape index (κ2) is 4.10. The average Bonchev–Trinajstić information content (AvgIpc) is 2.93. The lowest BCUT2D eigenvalue weighted by atomic mass is 10.1. The van der Waals surface area contributed by atoms with Crippen LogP contribution in [0.3, 0.4) is 0 Å². The molecule has 90 valence electrons. The van der Waals surface area contributed by atoms with Gasteiger partial charge in [-0.25, -0.2) is 4.98 Å². The van der Waals surface area contributed by atoms with Gasteiger partial charge in [-0.15, -0.1) is 0 Å². The third-order valence-electron chi connectivity index (χ3n) is 2.78. The van der Waals surface area contributed by atoms with E-state index in [0.29, 0.717) is 12.2 Å². The number of hydrogen-bond acceptors (Lipinski definition) is 3. The topological polar surface area (TPSA) is 74.4 Å². The van der Waals surface area contributed by atoms with Crippen molar-refractivity contribution >= 4 is 16.8 Å². The molecule has 0 amide bonds. The van der Waals surface area contributed by atoms with Crippen LogP contribution in [-0.4, -0.2) is 25.9 Å². The molecule has 2 heterocycles. The molecule has 18 heavy (non-hydrogen) atoms. The fraction of sp³-hybridized carbons (Fsp3) is 0.154. The highest BCUT2D eigenvalue weighted by Crippen LogP contribution is 2.21. The predicted molar refractivity (Wildman–Crippen MR) is 68.1 cm³/mol. The minimum Gasteiger partial charge on any atom is -0.337 e. The molecule has 0 aliphatic heterocycles. The van der Waals surface area contributed by atoms with Crippen LogP contribution in [0, 0.1) is 0 Å². The van der Waals surface area contributed by atoms with Gasteiger partial charge in [0.15, 0.2) is 5.82 Å². The molecule has 3 rings (SSSR count). The lowest BCUT2D eigenvalue weighted by Crippen LogP contribution is -1.97. The van der Waals surface area contributed by atoms with E-state index >= 15 is 0 Å². The summed E-state index contributed by atoms with van der Waals surface area (Å²) in [5.74, 6) is 0.818. The van der Waals surface area contributed by atoms with Gasteiger partial charge in [0.1, 0.15) is 11.5 Å². The predicted octanol–water partition coefficient (Wildman–Crippen LogP) is 2.08. The average molecular weight is 240 g/mol. The largest absolute Gasteiger partial charge is 0.337 e. The third kappa shape index (κ3) is 1.79. The molecule has 5 heteroatoms. The summed E-state index contributed by atoms with van der Waals surface area (Å²) in [6.45, 7) is 1.56. The van der Waals surface area contributed by atoms with E-state index in [2.05, 4.69) is 20.2 Å². The molecule has 0 aliphatic rings. The van der Waals surface area contributed by atoms with Gasteiger partial charge < -0.3 is 4.98 Å². The quantitative estimate of drug-likeness (QED) is 0.736. The number of para-hydroxylation sites is 2. The first-order valence-electron chi connectivity index (χ1n) is 5.71. The Bertz CT molecular complexity index is 677. The van der Waals surface area contributed by atoms with Crippen molar-refractivity contribution in [2.24, 2.45) is 0 Å². The first kappa shape index (κ1) is 10.7. The molecule has 2 N–H and O–H groups in total. The van der Waals surface area contributed by atoms with Crippen molar-refractivity contribution in [2.45, 2.75) is 13.3 Å². The van der Waals surface area contributed by atoms with E-state index in [0.717, 1.165) is 22.3 Å². The second-order valence-corrected chi connectivity index (χ2v) is 4.25. The fourth-order valence-electron chi connectivity index (χ4n) is 1.99. The number of carbonyl (C=O) groups is 1. The number of ketones is 1. The Morgan fingerprint density at radius 1 is 1.33 bits per heavy atom. The summed E-state index contributed by atoms with van der Waals surface area (Å²) in [6.07, 6.45) is 2.03. The number of aromatic nitrogens is 4. The molecular formula is C13H12N4O. The van der Waals surface area contributed by atoms with Gasteiger partial charge in [0.05, 0.1) is 17.2 Å². The van der Waals surface area contributed by atoms with Crippen LogP contribution in [-0.2, 0) is 11.2 Å². The Balaban J connectivity index is 2.08. The zero-order valence-electron chi connectivity index (χ0n) is 9.90. The van der Waals surface area contributed by atoms with Crippen LogP contribution in [0.2, 0.25) is 0 Å². The van der Waals surface area contributed by atoms with E-state index < -0.39 is 0 Å². The van der Waals surface area contributed by atoms with Crippen molar-refractivity contribution in [3.8, 4) is 11.5 Å². The highest BCUT2D eigenvalue weighted by Gasteiger charge is 2.13. The van der Waals surface area contributed by atoms with Crippen LogP contribution in [0.25, 0.3) is 22.6 Å². The minimum atomic E-state index is 0.105. The second-order valence-electron chi connectivity index (χ2n) is 4.25. The summed E-state index contributed by atoms with van der Waals surface area (Å²) in [4.78, 5) is 18.9. The minimum absolute atomic E-state index is 0.105. The summed E-state index contributed by atoms with van der Waals surface area (Å²) >= 11 is 0. The molecular weight excluding hydrogens is 228 g/mol. The van der Waals surface area contributed by atoms with Gasteiger partial charge in [0, 0.05) is 12.0 Å². The molecule has 0 saturated carbocycles.